The number of hydrogen-bond acceptors (Lipinski definition) is 5. The molecule has 1 atom stereocenters. The summed E-state index contributed by atoms with van der Waals surface area (Å²) in [6.45, 7) is 0.321. The molecule has 1 amide bonds. The van der Waals surface area contributed by atoms with Crippen LogP contribution in [0.4, 0.5) is 5.69 Å². The van der Waals surface area contributed by atoms with E-state index in [1.54, 1.807) is 24.3 Å². The second-order valence-corrected chi connectivity index (χ2v) is 8.02. The number of ether oxygens (including phenoxy) is 1. The van der Waals surface area contributed by atoms with E-state index in [4.69, 9.17) is 10.7 Å². The zero-order chi connectivity index (χ0) is 16.3. The summed E-state index contributed by atoms with van der Waals surface area (Å²) in [5.41, 5.74) is 1.45. The van der Waals surface area contributed by atoms with Gasteiger partial charge in [0.1, 0.15) is 0 Å². The number of carbonyl (C=O) groups is 2. The number of benzene rings is 1. The molecule has 0 aliphatic carbocycles. The number of rotatable bonds is 5. The maximum atomic E-state index is 12.0. The highest BCUT2D eigenvalue weighted by atomic mass is 35.7. The monoisotopic (exact) mass is 345 g/mol. The SMILES string of the molecule is COC(=O)Cc1ccc(N2CC(CS(=O)(=O)Cl)CC2=O)cc1. The third kappa shape index (κ3) is 4.45. The third-order valence-corrected chi connectivity index (χ3v) is 4.71. The van der Waals surface area contributed by atoms with Crippen LogP contribution >= 0.6 is 10.7 Å². The van der Waals surface area contributed by atoms with Crippen molar-refractivity contribution in [2.75, 3.05) is 24.3 Å². The van der Waals surface area contributed by atoms with Crippen LogP contribution in [0.1, 0.15) is 12.0 Å². The molecule has 22 heavy (non-hydrogen) atoms. The van der Waals surface area contributed by atoms with Gasteiger partial charge in [-0.15, -0.1) is 0 Å². The fourth-order valence-electron chi connectivity index (χ4n) is 2.46. The second kappa shape index (κ2) is 6.66. The van der Waals surface area contributed by atoms with Crippen LogP contribution in [0.25, 0.3) is 0 Å². The zero-order valence-electron chi connectivity index (χ0n) is 12.0. The molecule has 1 aliphatic rings. The summed E-state index contributed by atoms with van der Waals surface area (Å²) in [5, 5.41) is 0. The van der Waals surface area contributed by atoms with Gasteiger partial charge in [0.15, 0.2) is 0 Å². The quantitative estimate of drug-likeness (QED) is 0.594. The van der Waals surface area contributed by atoms with Crippen molar-refractivity contribution in [3.63, 3.8) is 0 Å². The van der Waals surface area contributed by atoms with Crippen LogP contribution < -0.4 is 4.90 Å². The van der Waals surface area contributed by atoms with Gasteiger partial charge in [0.05, 0.1) is 19.3 Å². The van der Waals surface area contributed by atoms with Crippen LogP contribution in [0.15, 0.2) is 24.3 Å². The van der Waals surface area contributed by atoms with Crippen molar-refractivity contribution in [1.82, 2.24) is 0 Å². The molecule has 1 saturated heterocycles. The largest absolute Gasteiger partial charge is 0.469 e. The second-order valence-electron chi connectivity index (χ2n) is 5.20. The molecule has 0 bridgehead atoms. The van der Waals surface area contributed by atoms with Gasteiger partial charge in [-0.2, -0.15) is 0 Å². The summed E-state index contributed by atoms with van der Waals surface area (Å²) in [7, 11) is 2.94. The molecule has 0 aromatic heterocycles. The fraction of sp³-hybridized carbons (Fsp3) is 0.429. The summed E-state index contributed by atoms with van der Waals surface area (Å²) in [6, 6.07) is 6.94. The first-order valence-electron chi connectivity index (χ1n) is 6.67. The number of anilines is 1. The van der Waals surface area contributed by atoms with E-state index in [9.17, 15) is 18.0 Å². The summed E-state index contributed by atoms with van der Waals surface area (Å²) in [4.78, 5) is 24.7. The minimum Gasteiger partial charge on any atom is -0.469 e. The molecule has 6 nitrogen and oxygen atoms in total. The molecule has 0 spiro atoms. The normalized spacial score (nSPS) is 18.5. The van der Waals surface area contributed by atoms with E-state index < -0.39 is 9.05 Å². The van der Waals surface area contributed by atoms with E-state index in [1.165, 1.54) is 12.0 Å². The van der Waals surface area contributed by atoms with Gasteiger partial charge < -0.3 is 9.64 Å². The maximum absolute atomic E-state index is 12.0. The van der Waals surface area contributed by atoms with Gasteiger partial charge in [0.2, 0.25) is 15.0 Å². The number of halogens is 1. The van der Waals surface area contributed by atoms with E-state index in [0.717, 1.165) is 5.56 Å². The Hall–Kier alpha value is -1.60. The van der Waals surface area contributed by atoms with E-state index in [2.05, 4.69) is 4.74 Å². The molecule has 2 rings (SSSR count). The minimum atomic E-state index is -3.62. The predicted molar refractivity (Wildman–Crippen MR) is 82.3 cm³/mol. The van der Waals surface area contributed by atoms with Crippen LogP contribution in [0, 0.1) is 5.92 Å². The molecule has 0 saturated carbocycles. The number of hydrogen-bond donors (Lipinski definition) is 0. The highest BCUT2D eigenvalue weighted by Gasteiger charge is 2.33. The Balaban J connectivity index is 2.05. The number of methoxy groups -OCH3 is 1. The van der Waals surface area contributed by atoms with Gasteiger partial charge in [0.25, 0.3) is 0 Å². The lowest BCUT2D eigenvalue weighted by molar-refractivity contribution is -0.139. The van der Waals surface area contributed by atoms with Crippen molar-refractivity contribution in [2.24, 2.45) is 5.92 Å². The average Bonchev–Trinajstić information content (AvgIpc) is 2.78. The Morgan fingerprint density at radius 2 is 2.00 bits per heavy atom. The van der Waals surface area contributed by atoms with Crippen molar-refractivity contribution in [3.8, 4) is 0 Å². The maximum Gasteiger partial charge on any atom is 0.309 e. The van der Waals surface area contributed by atoms with Crippen molar-refractivity contribution in [1.29, 1.82) is 0 Å². The molecule has 120 valence electrons. The van der Waals surface area contributed by atoms with Gasteiger partial charge in [-0.05, 0) is 17.7 Å². The highest BCUT2D eigenvalue weighted by molar-refractivity contribution is 8.13. The molecule has 1 heterocycles. The molecule has 1 aliphatic heterocycles. The van der Waals surface area contributed by atoms with E-state index in [-0.39, 0.29) is 36.4 Å². The smallest absolute Gasteiger partial charge is 0.309 e. The molecule has 1 aromatic carbocycles. The van der Waals surface area contributed by atoms with Gasteiger partial charge >= 0.3 is 5.97 Å². The molecule has 0 N–H and O–H groups in total. The standard InChI is InChI=1S/C14H16ClNO5S/c1-21-14(18)7-10-2-4-12(5-3-10)16-8-11(6-13(16)17)9-22(15,19)20/h2-5,11H,6-9H2,1H3. The van der Waals surface area contributed by atoms with E-state index in [1.807, 2.05) is 0 Å². The Labute approximate surface area is 133 Å². The molecule has 8 heteroatoms. The predicted octanol–water partition coefficient (Wildman–Crippen LogP) is 1.32. The van der Waals surface area contributed by atoms with Gasteiger partial charge in [0, 0.05) is 35.3 Å². The summed E-state index contributed by atoms with van der Waals surface area (Å²) >= 11 is 0. The van der Waals surface area contributed by atoms with Crippen molar-refractivity contribution in [2.45, 2.75) is 12.8 Å². The molecular weight excluding hydrogens is 330 g/mol. The lowest BCUT2D eigenvalue weighted by Gasteiger charge is -2.17. The fourth-order valence-corrected chi connectivity index (χ4v) is 3.78. The number of esters is 1. The number of carbonyl (C=O) groups excluding carboxylic acids is 2. The summed E-state index contributed by atoms with van der Waals surface area (Å²) < 4.78 is 26.8. The average molecular weight is 346 g/mol. The number of nitrogens with zero attached hydrogens (tertiary/aromatic N) is 1. The summed E-state index contributed by atoms with van der Waals surface area (Å²) in [6.07, 6.45) is 0.327. The lowest BCUT2D eigenvalue weighted by Crippen LogP contribution is -2.25. The first-order valence-corrected chi connectivity index (χ1v) is 9.15. The van der Waals surface area contributed by atoms with Crippen LogP contribution in [-0.2, 0) is 29.8 Å². The molecule has 0 radical (unpaired) electrons. The minimum absolute atomic E-state index is 0.133. The van der Waals surface area contributed by atoms with Gasteiger partial charge in [-0.3, -0.25) is 9.59 Å². The van der Waals surface area contributed by atoms with Crippen molar-refractivity contribution >= 4 is 37.3 Å². The Morgan fingerprint density at radius 1 is 1.36 bits per heavy atom. The first kappa shape index (κ1) is 16.8. The number of amides is 1. The van der Waals surface area contributed by atoms with Crippen molar-refractivity contribution in [3.05, 3.63) is 29.8 Å². The first-order chi connectivity index (χ1) is 10.3. The lowest BCUT2D eigenvalue weighted by atomic mass is 10.1. The zero-order valence-corrected chi connectivity index (χ0v) is 13.6. The molecule has 1 aromatic rings. The Kier molecular flexibility index (Phi) is 5.08. The van der Waals surface area contributed by atoms with Crippen LogP contribution in [0.3, 0.4) is 0 Å². The van der Waals surface area contributed by atoms with Gasteiger partial charge in [-0.25, -0.2) is 8.42 Å². The van der Waals surface area contributed by atoms with Crippen LogP contribution in [-0.4, -0.2) is 39.7 Å². The summed E-state index contributed by atoms with van der Waals surface area (Å²) in [5.74, 6) is -0.981. The van der Waals surface area contributed by atoms with Crippen molar-refractivity contribution < 1.29 is 22.7 Å². The van der Waals surface area contributed by atoms with E-state index >= 15 is 0 Å². The molecule has 1 unspecified atom stereocenters. The Morgan fingerprint density at radius 3 is 2.55 bits per heavy atom. The topological polar surface area (TPSA) is 80.8 Å². The third-order valence-electron chi connectivity index (χ3n) is 3.46. The van der Waals surface area contributed by atoms with Crippen LogP contribution in [0.2, 0.25) is 0 Å². The van der Waals surface area contributed by atoms with Crippen LogP contribution in [0.5, 0.6) is 0 Å². The molecular formula is C14H16ClNO5S. The molecule has 1 fully saturated rings. The Bertz CT molecular complexity index is 671. The van der Waals surface area contributed by atoms with Gasteiger partial charge in [-0.1, -0.05) is 12.1 Å². The van der Waals surface area contributed by atoms with E-state index in [0.29, 0.717) is 12.2 Å². The highest BCUT2D eigenvalue weighted by Crippen LogP contribution is 2.27.